The van der Waals surface area contributed by atoms with E-state index in [1.807, 2.05) is 0 Å². The third-order valence-corrected chi connectivity index (χ3v) is 5.70. The SMILES string of the molecule is CC1CCCC(C)N1S(=O)(=O)c1cc(F)ccc1F. The lowest BCUT2D eigenvalue weighted by Gasteiger charge is -2.37. The van der Waals surface area contributed by atoms with Gasteiger partial charge < -0.3 is 0 Å². The number of benzene rings is 1. The van der Waals surface area contributed by atoms with Crippen LogP contribution in [0.4, 0.5) is 8.78 Å². The third kappa shape index (κ3) is 2.65. The summed E-state index contributed by atoms with van der Waals surface area (Å²) in [4.78, 5) is -0.576. The molecule has 0 saturated carbocycles. The predicted octanol–water partition coefficient (Wildman–Crippen LogP) is 2.92. The molecule has 0 aliphatic carbocycles. The van der Waals surface area contributed by atoms with E-state index >= 15 is 0 Å². The van der Waals surface area contributed by atoms with E-state index in [1.165, 1.54) is 4.31 Å². The van der Waals surface area contributed by atoms with Crippen LogP contribution in [0.1, 0.15) is 33.1 Å². The standard InChI is InChI=1S/C13H17F2NO2S/c1-9-4-3-5-10(2)16(9)19(17,18)13-8-11(14)6-7-12(13)15/h6-10H,3-5H2,1-2H3. The van der Waals surface area contributed by atoms with Gasteiger partial charge in [-0.15, -0.1) is 0 Å². The van der Waals surface area contributed by atoms with E-state index in [4.69, 9.17) is 0 Å². The highest BCUT2D eigenvalue weighted by atomic mass is 32.2. The van der Waals surface area contributed by atoms with Crippen LogP contribution in [0.5, 0.6) is 0 Å². The van der Waals surface area contributed by atoms with Gasteiger partial charge in [-0.25, -0.2) is 17.2 Å². The first-order valence-electron chi connectivity index (χ1n) is 6.32. The Morgan fingerprint density at radius 2 is 1.74 bits per heavy atom. The zero-order chi connectivity index (χ0) is 14.2. The van der Waals surface area contributed by atoms with Gasteiger partial charge in [0.15, 0.2) is 0 Å². The number of hydrogen-bond donors (Lipinski definition) is 0. The second-order valence-corrected chi connectivity index (χ2v) is 6.85. The summed E-state index contributed by atoms with van der Waals surface area (Å²) in [7, 11) is -4.00. The lowest BCUT2D eigenvalue weighted by Crippen LogP contribution is -2.47. The highest BCUT2D eigenvalue weighted by molar-refractivity contribution is 7.89. The lowest BCUT2D eigenvalue weighted by molar-refractivity contribution is 0.203. The molecular weight excluding hydrogens is 272 g/mol. The maximum atomic E-state index is 13.7. The fraction of sp³-hybridized carbons (Fsp3) is 0.538. The summed E-state index contributed by atoms with van der Waals surface area (Å²) in [6.07, 6.45) is 2.42. The van der Waals surface area contributed by atoms with Gasteiger partial charge in [-0.05, 0) is 44.9 Å². The van der Waals surface area contributed by atoms with E-state index in [1.54, 1.807) is 13.8 Å². The van der Waals surface area contributed by atoms with E-state index in [0.29, 0.717) is 0 Å². The molecule has 0 bridgehead atoms. The van der Waals surface area contributed by atoms with Crippen molar-refractivity contribution in [3.63, 3.8) is 0 Å². The predicted molar refractivity (Wildman–Crippen MR) is 68.2 cm³/mol. The van der Waals surface area contributed by atoms with Gasteiger partial charge in [0.05, 0.1) is 0 Å². The Labute approximate surface area is 112 Å². The molecule has 0 amide bonds. The molecular formula is C13H17F2NO2S. The van der Waals surface area contributed by atoms with Gasteiger partial charge in [0.1, 0.15) is 16.5 Å². The van der Waals surface area contributed by atoms with E-state index < -0.39 is 26.6 Å². The summed E-state index contributed by atoms with van der Waals surface area (Å²) in [5.41, 5.74) is 0. The highest BCUT2D eigenvalue weighted by Gasteiger charge is 2.37. The number of sulfonamides is 1. The number of hydrogen-bond acceptors (Lipinski definition) is 2. The zero-order valence-corrected chi connectivity index (χ0v) is 11.8. The molecule has 2 atom stereocenters. The molecule has 2 rings (SSSR count). The molecule has 1 aliphatic rings. The smallest absolute Gasteiger partial charge is 0.207 e. The minimum Gasteiger partial charge on any atom is -0.207 e. The van der Waals surface area contributed by atoms with Crippen LogP contribution in [0.2, 0.25) is 0 Å². The summed E-state index contributed by atoms with van der Waals surface area (Å²) in [6.45, 7) is 3.59. The third-order valence-electron chi connectivity index (χ3n) is 3.56. The lowest BCUT2D eigenvalue weighted by atomic mass is 10.0. The first kappa shape index (κ1) is 14.4. The molecule has 1 fully saturated rings. The molecule has 2 unspecified atom stereocenters. The van der Waals surface area contributed by atoms with Gasteiger partial charge >= 0.3 is 0 Å². The number of nitrogens with zero attached hydrogens (tertiary/aromatic N) is 1. The van der Waals surface area contributed by atoms with Gasteiger partial charge in [0.2, 0.25) is 10.0 Å². The summed E-state index contributed by atoms with van der Waals surface area (Å²) in [5, 5.41) is 0. The molecule has 6 heteroatoms. The Balaban J connectivity index is 2.49. The molecule has 3 nitrogen and oxygen atoms in total. The van der Waals surface area contributed by atoms with Crippen LogP contribution >= 0.6 is 0 Å². The van der Waals surface area contributed by atoms with Crippen molar-refractivity contribution in [2.45, 2.75) is 50.1 Å². The molecule has 1 aliphatic heterocycles. The van der Waals surface area contributed by atoms with Gasteiger partial charge in [-0.3, -0.25) is 0 Å². The summed E-state index contributed by atoms with van der Waals surface area (Å²) >= 11 is 0. The van der Waals surface area contributed by atoms with Crippen molar-refractivity contribution in [1.29, 1.82) is 0 Å². The second-order valence-electron chi connectivity index (χ2n) is 5.04. The molecule has 0 N–H and O–H groups in total. The van der Waals surface area contributed by atoms with Crippen molar-refractivity contribution in [3.05, 3.63) is 29.8 Å². The normalized spacial score (nSPS) is 25.5. The number of halogens is 2. The van der Waals surface area contributed by atoms with Crippen LogP contribution in [0, 0.1) is 11.6 Å². The van der Waals surface area contributed by atoms with Crippen LogP contribution in [-0.2, 0) is 10.0 Å². The van der Waals surface area contributed by atoms with Crippen LogP contribution in [0.3, 0.4) is 0 Å². The van der Waals surface area contributed by atoms with Crippen LogP contribution in [-0.4, -0.2) is 24.8 Å². The molecule has 1 aromatic rings. The maximum Gasteiger partial charge on any atom is 0.246 e. The van der Waals surface area contributed by atoms with Crippen LogP contribution in [0.15, 0.2) is 23.1 Å². The van der Waals surface area contributed by atoms with Crippen molar-refractivity contribution in [2.75, 3.05) is 0 Å². The number of piperidine rings is 1. The molecule has 106 valence electrons. The van der Waals surface area contributed by atoms with Gasteiger partial charge in [0.25, 0.3) is 0 Å². The van der Waals surface area contributed by atoms with Crippen molar-refractivity contribution in [2.24, 2.45) is 0 Å². The average Bonchev–Trinajstić information content (AvgIpc) is 2.31. The van der Waals surface area contributed by atoms with E-state index in [0.717, 1.165) is 37.5 Å². The first-order valence-corrected chi connectivity index (χ1v) is 7.76. The Morgan fingerprint density at radius 3 is 2.32 bits per heavy atom. The fourth-order valence-electron chi connectivity index (χ4n) is 2.66. The zero-order valence-electron chi connectivity index (χ0n) is 10.9. The largest absolute Gasteiger partial charge is 0.246 e. The maximum absolute atomic E-state index is 13.7. The van der Waals surface area contributed by atoms with Crippen molar-refractivity contribution >= 4 is 10.0 Å². The Hall–Kier alpha value is -1.01. The highest BCUT2D eigenvalue weighted by Crippen LogP contribution is 2.30. The minimum absolute atomic E-state index is 0.198. The Kier molecular flexibility index (Phi) is 3.92. The molecule has 0 radical (unpaired) electrons. The van der Waals surface area contributed by atoms with Crippen LogP contribution in [0.25, 0.3) is 0 Å². The summed E-state index contributed by atoms with van der Waals surface area (Å²) in [5.74, 6) is -1.66. The molecule has 19 heavy (non-hydrogen) atoms. The van der Waals surface area contributed by atoms with E-state index in [-0.39, 0.29) is 12.1 Å². The molecule has 1 heterocycles. The Morgan fingerprint density at radius 1 is 1.16 bits per heavy atom. The monoisotopic (exact) mass is 289 g/mol. The van der Waals surface area contributed by atoms with E-state index in [9.17, 15) is 17.2 Å². The molecule has 1 saturated heterocycles. The summed E-state index contributed by atoms with van der Waals surface area (Å²) < 4.78 is 53.2. The second kappa shape index (κ2) is 5.17. The van der Waals surface area contributed by atoms with E-state index in [2.05, 4.69) is 0 Å². The first-order chi connectivity index (χ1) is 8.84. The summed E-state index contributed by atoms with van der Waals surface area (Å²) in [6, 6.07) is 2.12. The average molecular weight is 289 g/mol. The Bertz CT molecular complexity index is 564. The number of rotatable bonds is 2. The topological polar surface area (TPSA) is 37.4 Å². The van der Waals surface area contributed by atoms with Gasteiger partial charge in [0, 0.05) is 12.1 Å². The van der Waals surface area contributed by atoms with Crippen molar-refractivity contribution in [1.82, 2.24) is 4.31 Å². The van der Waals surface area contributed by atoms with Gasteiger partial charge in [-0.2, -0.15) is 4.31 Å². The van der Waals surface area contributed by atoms with Crippen LogP contribution < -0.4 is 0 Å². The van der Waals surface area contributed by atoms with Gasteiger partial charge in [-0.1, -0.05) is 6.42 Å². The molecule has 0 aromatic heterocycles. The quantitative estimate of drug-likeness (QED) is 0.839. The molecule has 1 aromatic carbocycles. The fourth-order valence-corrected chi connectivity index (χ4v) is 4.62. The van der Waals surface area contributed by atoms with Crippen molar-refractivity contribution in [3.8, 4) is 0 Å². The van der Waals surface area contributed by atoms with Crippen molar-refractivity contribution < 1.29 is 17.2 Å². The molecule has 0 spiro atoms. The minimum atomic E-state index is -4.00.